The zero-order chi connectivity index (χ0) is 17.6. The molecule has 130 valence electrons. The highest BCUT2D eigenvalue weighted by Crippen LogP contribution is 2.26. The van der Waals surface area contributed by atoms with Gasteiger partial charge in [0, 0.05) is 24.7 Å². The first kappa shape index (κ1) is 19.4. The number of likely N-dealkylation sites (tertiary alicyclic amines) is 1. The third-order valence-corrected chi connectivity index (χ3v) is 3.96. The maximum atomic E-state index is 13.6. The van der Waals surface area contributed by atoms with Gasteiger partial charge >= 0.3 is 0 Å². The summed E-state index contributed by atoms with van der Waals surface area (Å²) in [5, 5.41) is 2.88. The summed E-state index contributed by atoms with van der Waals surface area (Å²) >= 11 is 0. The van der Waals surface area contributed by atoms with Crippen LogP contribution in [0.25, 0.3) is 0 Å². The van der Waals surface area contributed by atoms with E-state index in [4.69, 9.17) is 4.74 Å². The molecular formula is C17H26F2N2O2. The molecule has 1 aromatic carbocycles. The molecule has 4 nitrogen and oxygen atoms in total. The highest BCUT2D eigenvalue weighted by molar-refractivity contribution is 5.97. The highest BCUT2D eigenvalue weighted by atomic mass is 19.1. The summed E-state index contributed by atoms with van der Waals surface area (Å²) in [6.45, 7) is 7.68. The molecule has 1 aliphatic heterocycles. The Kier molecular flexibility index (Phi) is 6.94. The van der Waals surface area contributed by atoms with Gasteiger partial charge in [-0.05, 0) is 32.9 Å². The van der Waals surface area contributed by atoms with Gasteiger partial charge in [-0.2, -0.15) is 0 Å². The number of halogens is 2. The lowest BCUT2D eigenvalue weighted by molar-refractivity contribution is 0.0847. The molecular weight excluding hydrogens is 302 g/mol. The molecule has 0 saturated carbocycles. The average molecular weight is 328 g/mol. The van der Waals surface area contributed by atoms with Crippen LogP contribution in [0.4, 0.5) is 8.78 Å². The van der Waals surface area contributed by atoms with Crippen LogP contribution < -0.4 is 10.1 Å². The molecule has 0 aliphatic carbocycles. The summed E-state index contributed by atoms with van der Waals surface area (Å²) in [5.74, 6) is -2.43. The van der Waals surface area contributed by atoms with Crippen molar-refractivity contribution in [1.82, 2.24) is 10.2 Å². The lowest BCUT2D eigenvalue weighted by Crippen LogP contribution is -2.52. The Morgan fingerprint density at radius 3 is 2.35 bits per heavy atom. The third-order valence-electron chi connectivity index (χ3n) is 3.96. The topological polar surface area (TPSA) is 41.6 Å². The summed E-state index contributed by atoms with van der Waals surface area (Å²) in [4.78, 5) is 14.5. The highest BCUT2D eigenvalue weighted by Gasteiger charge is 2.31. The molecule has 0 unspecified atom stereocenters. The number of nitrogens with zero attached hydrogens (tertiary/aromatic N) is 1. The second-order valence-electron chi connectivity index (χ2n) is 5.79. The molecule has 1 aromatic rings. The molecule has 0 spiro atoms. The zero-order valence-corrected chi connectivity index (χ0v) is 14.5. The second-order valence-corrected chi connectivity index (χ2v) is 5.79. The Hall–Kier alpha value is -1.69. The fourth-order valence-corrected chi connectivity index (χ4v) is 2.51. The van der Waals surface area contributed by atoms with Gasteiger partial charge in [0.1, 0.15) is 5.82 Å². The van der Waals surface area contributed by atoms with Crippen LogP contribution in [0, 0.1) is 11.6 Å². The van der Waals surface area contributed by atoms with Gasteiger partial charge < -0.3 is 15.0 Å². The molecule has 1 fully saturated rings. The van der Waals surface area contributed by atoms with Gasteiger partial charge in [-0.15, -0.1) is 0 Å². The molecule has 1 N–H and O–H groups in total. The molecule has 1 amide bonds. The average Bonchev–Trinajstić information content (AvgIpc) is 2.52. The number of benzene rings is 1. The Morgan fingerprint density at radius 1 is 1.26 bits per heavy atom. The van der Waals surface area contributed by atoms with E-state index in [2.05, 4.69) is 10.2 Å². The predicted molar refractivity (Wildman–Crippen MR) is 86.9 cm³/mol. The maximum absolute atomic E-state index is 13.6. The summed E-state index contributed by atoms with van der Waals surface area (Å²) in [6, 6.07) is 1.70. The smallest absolute Gasteiger partial charge is 0.255 e. The number of rotatable bonds is 3. The standard InChI is InChI=1S/C15H20F2N2O2.C2H6/c1-15(4-6-19(2)7-5-15)18-14(20)11-8-10(16)9-12(17)13(11)21-3;1-2/h8-9H,4-7H2,1-3H3,(H,18,20);1-2H3. The normalized spacial score (nSPS) is 17.0. The van der Waals surface area contributed by atoms with Crippen LogP contribution in [0.1, 0.15) is 44.0 Å². The van der Waals surface area contributed by atoms with E-state index in [-0.39, 0.29) is 16.9 Å². The summed E-state index contributed by atoms with van der Waals surface area (Å²) in [7, 11) is 3.27. The van der Waals surface area contributed by atoms with Gasteiger partial charge in [0.05, 0.1) is 12.7 Å². The van der Waals surface area contributed by atoms with Gasteiger partial charge in [-0.3, -0.25) is 4.79 Å². The minimum Gasteiger partial charge on any atom is -0.493 e. The number of methoxy groups -OCH3 is 1. The number of nitrogens with one attached hydrogen (secondary N) is 1. The van der Waals surface area contributed by atoms with Crippen molar-refractivity contribution in [2.75, 3.05) is 27.2 Å². The van der Waals surface area contributed by atoms with Crippen molar-refractivity contribution in [3.63, 3.8) is 0 Å². The molecule has 0 atom stereocenters. The van der Waals surface area contributed by atoms with Crippen molar-refractivity contribution in [1.29, 1.82) is 0 Å². The number of hydrogen-bond donors (Lipinski definition) is 1. The van der Waals surface area contributed by atoms with Crippen molar-refractivity contribution in [2.45, 2.75) is 39.2 Å². The Balaban J connectivity index is 0.00000127. The summed E-state index contributed by atoms with van der Waals surface area (Å²) in [6.07, 6.45) is 1.57. The van der Waals surface area contributed by atoms with Crippen LogP contribution in [0.2, 0.25) is 0 Å². The van der Waals surface area contributed by atoms with E-state index in [1.165, 1.54) is 7.11 Å². The van der Waals surface area contributed by atoms with Crippen LogP contribution in [0.5, 0.6) is 5.75 Å². The SMILES string of the molecule is CC.COc1c(F)cc(F)cc1C(=O)NC1(C)CCN(C)CC1. The molecule has 1 aliphatic rings. The maximum Gasteiger partial charge on any atom is 0.255 e. The van der Waals surface area contributed by atoms with Crippen molar-refractivity contribution < 1.29 is 18.3 Å². The van der Waals surface area contributed by atoms with E-state index in [1.54, 1.807) is 0 Å². The van der Waals surface area contributed by atoms with E-state index in [0.29, 0.717) is 6.07 Å². The quantitative estimate of drug-likeness (QED) is 0.926. The molecule has 2 rings (SSSR count). The van der Waals surface area contributed by atoms with Crippen molar-refractivity contribution in [3.05, 3.63) is 29.3 Å². The van der Waals surface area contributed by atoms with Gasteiger partial charge in [-0.1, -0.05) is 13.8 Å². The van der Waals surface area contributed by atoms with Gasteiger partial charge in [0.2, 0.25) is 0 Å². The number of amides is 1. The van der Waals surface area contributed by atoms with Crippen LogP contribution >= 0.6 is 0 Å². The first-order valence-corrected chi connectivity index (χ1v) is 7.89. The van der Waals surface area contributed by atoms with Crippen molar-refractivity contribution in [3.8, 4) is 5.75 Å². The van der Waals surface area contributed by atoms with Gasteiger partial charge in [0.25, 0.3) is 5.91 Å². The molecule has 1 heterocycles. The fourth-order valence-electron chi connectivity index (χ4n) is 2.51. The zero-order valence-electron chi connectivity index (χ0n) is 14.5. The van der Waals surface area contributed by atoms with Crippen LogP contribution in [-0.2, 0) is 0 Å². The first-order valence-electron chi connectivity index (χ1n) is 7.89. The van der Waals surface area contributed by atoms with Gasteiger partial charge in [-0.25, -0.2) is 8.78 Å². The molecule has 0 aromatic heterocycles. The number of carbonyl (C=O) groups excluding carboxylic acids is 1. The number of carbonyl (C=O) groups is 1. The Morgan fingerprint density at radius 2 is 1.83 bits per heavy atom. The van der Waals surface area contributed by atoms with Crippen LogP contribution in [0.15, 0.2) is 12.1 Å². The lowest BCUT2D eigenvalue weighted by atomic mass is 9.89. The summed E-state index contributed by atoms with van der Waals surface area (Å²) < 4.78 is 31.9. The summed E-state index contributed by atoms with van der Waals surface area (Å²) in [5.41, 5.74) is -0.493. The number of ether oxygens (including phenoxy) is 1. The monoisotopic (exact) mass is 328 g/mol. The van der Waals surface area contributed by atoms with Crippen LogP contribution in [-0.4, -0.2) is 43.6 Å². The first-order chi connectivity index (χ1) is 10.8. The Bertz CT molecular complexity index is 542. The molecule has 1 saturated heterocycles. The van der Waals surface area contributed by atoms with E-state index < -0.39 is 17.5 Å². The predicted octanol–water partition coefficient (Wildman–Crippen LogP) is 3.21. The van der Waals surface area contributed by atoms with Crippen LogP contribution in [0.3, 0.4) is 0 Å². The number of hydrogen-bond acceptors (Lipinski definition) is 3. The number of piperidine rings is 1. The van der Waals surface area contributed by atoms with E-state index in [9.17, 15) is 13.6 Å². The van der Waals surface area contributed by atoms with E-state index in [1.807, 2.05) is 27.8 Å². The second kappa shape index (κ2) is 8.24. The minimum atomic E-state index is -0.879. The molecule has 0 bridgehead atoms. The third kappa shape index (κ3) is 4.89. The minimum absolute atomic E-state index is 0.116. The van der Waals surface area contributed by atoms with Crippen molar-refractivity contribution in [2.24, 2.45) is 0 Å². The Labute approximate surface area is 136 Å². The molecule has 0 radical (unpaired) electrons. The van der Waals surface area contributed by atoms with Crippen molar-refractivity contribution >= 4 is 5.91 Å². The van der Waals surface area contributed by atoms with Gasteiger partial charge in [0.15, 0.2) is 11.6 Å². The van der Waals surface area contributed by atoms with E-state index >= 15 is 0 Å². The molecule has 23 heavy (non-hydrogen) atoms. The molecule has 6 heteroatoms. The largest absolute Gasteiger partial charge is 0.493 e. The lowest BCUT2D eigenvalue weighted by Gasteiger charge is -2.38. The fraction of sp³-hybridized carbons (Fsp3) is 0.588. The van der Waals surface area contributed by atoms with E-state index in [0.717, 1.165) is 32.0 Å².